The maximum absolute atomic E-state index is 13.0. The van der Waals surface area contributed by atoms with E-state index in [9.17, 15) is 24.8 Å². The zero-order valence-electron chi connectivity index (χ0n) is 16.2. The number of aliphatic hydroxyl groups excluding tert-OH is 1. The number of ether oxygens (including phenoxy) is 1. The monoisotopic (exact) mass is 538 g/mol. The molecule has 0 saturated carbocycles. The van der Waals surface area contributed by atoms with Gasteiger partial charge in [-0.05, 0) is 17.7 Å². The van der Waals surface area contributed by atoms with Crippen LogP contribution in [0.3, 0.4) is 0 Å². The average molecular weight is 539 g/mol. The summed E-state index contributed by atoms with van der Waals surface area (Å²) < 4.78 is 5.94. The number of fused-ring (bicyclic) bond motifs is 2. The lowest BCUT2D eigenvalue weighted by atomic mass is 9.89. The molecule has 0 radical (unpaired) electrons. The van der Waals surface area contributed by atoms with Crippen LogP contribution in [-0.4, -0.2) is 51.8 Å². The van der Waals surface area contributed by atoms with Crippen LogP contribution in [-0.2, 0) is 27.5 Å². The lowest BCUT2D eigenvalue weighted by molar-refractivity contribution is -0.384. The van der Waals surface area contributed by atoms with E-state index in [1.807, 2.05) is 4.57 Å². The third kappa shape index (κ3) is 3.26. The number of alkyl halides is 1. The van der Waals surface area contributed by atoms with E-state index in [4.69, 9.17) is 4.74 Å². The van der Waals surface area contributed by atoms with Gasteiger partial charge in [0.1, 0.15) is 23.8 Å². The molecule has 0 bridgehead atoms. The third-order valence-corrected chi connectivity index (χ3v) is 9.11. The third-order valence-electron chi connectivity index (χ3n) is 5.43. The van der Waals surface area contributed by atoms with Gasteiger partial charge in [0.05, 0.1) is 10.6 Å². The summed E-state index contributed by atoms with van der Waals surface area (Å²) in [5.41, 5.74) is 1.03. The topological polar surface area (TPSA) is 128 Å². The van der Waals surface area contributed by atoms with E-state index in [1.54, 1.807) is 23.4 Å². The van der Waals surface area contributed by atoms with E-state index in [1.165, 1.54) is 40.9 Å². The molecule has 166 valence electrons. The van der Waals surface area contributed by atoms with Crippen LogP contribution in [0.4, 0.5) is 5.69 Å². The molecule has 4 heterocycles. The Kier molecular flexibility index (Phi) is 5.31. The highest BCUT2D eigenvalue weighted by Crippen LogP contribution is 2.57. The van der Waals surface area contributed by atoms with Gasteiger partial charge in [-0.15, -0.1) is 11.8 Å². The highest BCUT2D eigenvalue weighted by molar-refractivity contribution is 9.10. The number of β-lactam (4-membered cyclic amide) rings is 1. The molecule has 3 atom stereocenters. The van der Waals surface area contributed by atoms with Gasteiger partial charge in [0.2, 0.25) is 0 Å². The number of nitro groups is 1. The van der Waals surface area contributed by atoms with E-state index in [-0.39, 0.29) is 18.0 Å². The number of esters is 1. The number of nitro benzene ring substituents is 1. The molecule has 0 spiro atoms. The van der Waals surface area contributed by atoms with Gasteiger partial charge < -0.3 is 14.4 Å². The Morgan fingerprint density at radius 2 is 2.19 bits per heavy atom. The van der Waals surface area contributed by atoms with Crippen LogP contribution >= 0.6 is 39.5 Å². The molecule has 5 rings (SSSR count). The van der Waals surface area contributed by atoms with Crippen LogP contribution in [0.1, 0.15) is 17.4 Å². The molecule has 10 nitrogen and oxygen atoms in total. The number of nitrogens with zero attached hydrogens (tertiary/aromatic N) is 4. The molecule has 32 heavy (non-hydrogen) atoms. The van der Waals surface area contributed by atoms with Crippen LogP contribution in [0, 0.1) is 10.1 Å². The van der Waals surface area contributed by atoms with Crippen LogP contribution < -0.4 is 0 Å². The first-order valence-corrected chi connectivity index (χ1v) is 12.2. The van der Waals surface area contributed by atoms with Crippen molar-refractivity contribution in [3.63, 3.8) is 0 Å². The van der Waals surface area contributed by atoms with Crippen molar-refractivity contribution in [1.29, 1.82) is 0 Å². The lowest BCUT2D eigenvalue weighted by Gasteiger charge is -2.50. The van der Waals surface area contributed by atoms with E-state index in [0.717, 1.165) is 17.5 Å². The van der Waals surface area contributed by atoms with Crippen molar-refractivity contribution >= 4 is 57.0 Å². The number of carbonyl (C=O) groups is 2. The molecular weight excluding hydrogens is 524 g/mol. The van der Waals surface area contributed by atoms with Crippen molar-refractivity contribution in [2.75, 3.05) is 5.75 Å². The van der Waals surface area contributed by atoms with Crippen molar-refractivity contribution in [3.8, 4) is 0 Å². The fraction of sp³-hybridized carbons (Fsp3) is 0.316. The Bertz CT molecular complexity index is 1150. The highest BCUT2D eigenvalue weighted by atomic mass is 79.9. The molecule has 1 aromatic heterocycles. The second kappa shape index (κ2) is 7.90. The quantitative estimate of drug-likeness (QED) is 0.194. The lowest BCUT2D eigenvalue weighted by Crippen LogP contribution is -2.70. The van der Waals surface area contributed by atoms with Crippen molar-refractivity contribution in [3.05, 3.63) is 62.9 Å². The summed E-state index contributed by atoms with van der Waals surface area (Å²) in [6.07, 6.45) is 0.581. The number of benzene rings is 1. The van der Waals surface area contributed by atoms with Crippen LogP contribution in [0.2, 0.25) is 0 Å². The maximum Gasteiger partial charge on any atom is 0.355 e. The highest BCUT2D eigenvalue weighted by Gasteiger charge is 2.68. The smallest absolute Gasteiger partial charge is 0.355 e. The van der Waals surface area contributed by atoms with Gasteiger partial charge in [-0.25, -0.2) is 9.78 Å². The summed E-state index contributed by atoms with van der Waals surface area (Å²) in [5, 5.41) is 23.5. The largest absolute Gasteiger partial charge is 0.456 e. The fourth-order valence-corrected chi connectivity index (χ4v) is 6.84. The minimum atomic E-state index is -1.30. The van der Waals surface area contributed by atoms with Crippen molar-refractivity contribution < 1.29 is 24.4 Å². The van der Waals surface area contributed by atoms with Gasteiger partial charge in [0.15, 0.2) is 9.48 Å². The minimum Gasteiger partial charge on any atom is -0.456 e. The number of aromatic nitrogens is 2. The van der Waals surface area contributed by atoms with Gasteiger partial charge in [-0.3, -0.25) is 19.8 Å². The predicted molar refractivity (Wildman–Crippen MR) is 119 cm³/mol. The number of imidazole rings is 1. The number of halogens is 1. The van der Waals surface area contributed by atoms with Gasteiger partial charge in [0, 0.05) is 36.0 Å². The first-order chi connectivity index (χ1) is 15.3. The number of hydrogen-bond acceptors (Lipinski definition) is 9. The Labute approximate surface area is 198 Å². The number of aryl methyl sites for hydroxylation is 1. The molecular formula is C19H15BrN4O6S2. The summed E-state index contributed by atoms with van der Waals surface area (Å²) in [6.45, 7) is 0.713. The minimum absolute atomic E-state index is 0.0576. The predicted octanol–water partition coefficient (Wildman–Crippen LogP) is 2.56. The standard InChI is InChI=1S/C19H15BrN4O6S2/c20-19(14(25)12-7-22-5-6-31-18(22)21-12)16(27)23-13(9-32-17(19)23)15(26)30-8-10-1-3-11(4-2-10)24(28)29/h1-4,7,9,14,17,25H,5-6,8H2/t14-,17+,19-/m0/s1. The van der Waals surface area contributed by atoms with Crippen LogP contribution in [0.5, 0.6) is 0 Å². The number of hydrogen-bond donors (Lipinski definition) is 1. The summed E-state index contributed by atoms with van der Waals surface area (Å²) in [5.74, 6) is -0.203. The van der Waals surface area contributed by atoms with Crippen LogP contribution in [0.25, 0.3) is 0 Å². The second-order valence-electron chi connectivity index (χ2n) is 7.33. The van der Waals surface area contributed by atoms with E-state index >= 15 is 0 Å². The maximum atomic E-state index is 13.0. The Morgan fingerprint density at radius 1 is 1.44 bits per heavy atom. The molecule has 13 heteroatoms. The van der Waals surface area contributed by atoms with Gasteiger partial charge in [-0.2, -0.15) is 0 Å². The number of aliphatic hydroxyl groups is 1. The molecule has 3 aliphatic rings. The number of carbonyl (C=O) groups excluding carboxylic acids is 2. The molecule has 1 fully saturated rings. The summed E-state index contributed by atoms with van der Waals surface area (Å²) in [6, 6.07) is 5.66. The Hall–Kier alpha value is -2.35. The van der Waals surface area contributed by atoms with Crippen molar-refractivity contribution in [1.82, 2.24) is 14.5 Å². The average Bonchev–Trinajstić information content (AvgIpc) is 3.50. The molecule has 1 aromatic carbocycles. The molecule has 1 amide bonds. The van der Waals surface area contributed by atoms with Crippen molar-refractivity contribution in [2.45, 2.75) is 34.1 Å². The molecule has 2 aromatic rings. The van der Waals surface area contributed by atoms with Gasteiger partial charge in [-0.1, -0.05) is 27.7 Å². The number of amides is 1. The first kappa shape index (κ1) is 21.5. The first-order valence-electron chi connectivity index (χ1n) is 9.47. The number of rotatable bonds is 6. The summed E-state index contributed by atoms with van der Waals surface area (Å²) >= 11 is 6.26. The Balaban J connectivity index is 1.24. The summed E-state index contributed by atoms with van der Waals surface area (Å²) in [7, 11) is 0. The number of non-ortho nitro benzene ring substituents is 1. The summed E-state index contributed by atoms with van der Waals surface area (Å²) in [4.78, 5) is 41.5. The number of thioether (sulfide) groups is 2. The van der Waals surface area contributed by atoms with E-state index in [2.05, 4.69) is 20.9 Å². The Morgan fingerprint density at radius 3 is 2.88 bits per heavy atom. The van der Waals surface area contributed by atoms with E-state index < -0.39 is 32.6 Å². The van der Waals surface area contributed by atoms with Crippen molar-refractivity contribution in [2.24, 2.45) is 0 Å². The second-order valence-corrected chi connectivity index (χ2v) is 10.7. The molecule has 0 aliphatic carbocycles. The zero-order chi connectivity index (χ0) is 22.6. The van der Waals surface area contributed by atoms with Gasteiger partial charge >= 0.3 is 5.97 Å². The molecule has 0 unspecified atom stereocenters. The van der Waals surface area contributed by atoms with Gasteiger partial charge in [0.25, 0.3) is 11.6 Å². The SMILES string of the molecule is O=C(OCc1ccc([N+](=O)[O-])cc1)C1=CS[C@H]2N1C(=O)[C@@]2(Br)[C@@H](O)c1cn2c(n1)SCC2. The van der Waals surface area contributed by atoms with E-state index in [0.29, 0.717) is 11.3 Å². The molecule has 1 saturated heterocycles. The van der Waals surface area contributed by atoms with Crippen LogP contribution in [0.15, 0.2) is 46.7 Å². The zero-order valence-corrected chi connectivity index (χ0v) is 19.4. The molecule has 3 aliphatic heterocycles. The fourth-order valence-electron chi connectivity index (χ4n) is 3.71. The normalized spacial score (nSPS) is 24.4. The molecule has 1 N–H and O–H groups in total.